The molecule has 2 aliphatic carbocycles. The molecule has 118 valence electrons. The van der Waals surface area contributed by atoms with Crippen LogP contribution in [0.5, 0.6) is 0 Å². The second-order valence-electron chi connectivity index (χ2n) is 6.30. The van der Waals surface area contributed by atoms with Crippen LogP contribution in [0.25, 0.3) is 0 Å². The molecule has 0 bridgehead atoms. The molecule has 0 spiro atoms. The van der Waals surface area contributed by atoms with E-state index in [1.54, 1.807) is 30.3 Å². The van der Waals surface area contributed by atoms with Crippen molar-refractivity contribution in [3.63, 3.8) is 0 Å². The standard InChI is InChI=1S/C17H17F3O2/c18-17(19,20)16(22)12-8-4-7-11-9-13(21)15(14(11)12)10-5-2-1-3-6-10/h1-3,5-6,11-12,14-15H,4,7-9H2/t11?,12-,14?,15+/m0/s1. The van der Waals surface area contributed by atoms with Gasteiger partial charge in [-0.2, -0.15) is 13.2 Å². The monoisotopic (exact) mass is 310 g/mol. The van der Waals surface area contributed by atoms with Crippen LogP contribution in [-0.2, 0) is 9.59 Å². The van der Waals surface area contributed by atoms with Gasteiger partial charge in [0.25, 0.3) is 0 Å². The number of carbonyl (C=O) groups is 2. The van der Waals surface area contributed by atoms with Crippen molar-refractivity contribution < 1.29 is 22.8 Å². The van der Waals surface area contributed by atoms with Crippen LogP contribution in [0, 0.1) is 17.8 Å². The van der Waals surface area contributed by atoms with E-state index in [0.717, 1.165) is 12.0 Å². The quantitative estimate of drug-likeness (QED) is 0.830. The molecule has 2 saturated carbocycles. The van der Waals surface area contributed by atoms with Crippen molar-refractivity contribution in [1.82, 2.24) is 0 Å². The summed E-state index contributed by atoms with van der Waals surface area (Å²) < 4.78 is 38.6. The van der Waals surface area contributed by atoms with Crippen LogP contribution in [0.4, 0.5) is 13.2 Å². The Morgan fingerprint density at radius 3 is 2.41 bits per heavy atom. The van der Waals surface area contributed by atoms with E-state index in [1.165, 1.54) is 0 Å². The summed E-state index contributed by atoms with van der Waals surface area (Å²) in [4.78, 5) is 24.2. The molecule has 1 aromatic rings. The number of carbonyl (C=O) groups excluding carboxylic acids is 2. The highest BCUT2D eigenvalue weighted by Gasteiger charge is 2.55. The maximum Gasteiger partial charge on any atom is 0.450 e. The number of alkyl halides is 3. The largest absolute Gasteiger partial charge is 0.450 e. The Hall–Kier alpha value is -1.65. The molecule has 0 saturated heterocycles. The Morgan fingerprint density at radius 1 is 1.09 bits per heavy atom. The molecule has 0 N–H and O–H groups in total. The van der Waals surface area contributed by atoms with Gasteiger partial charge in [0.05, 0.1) is 0 Å². The van der Waals surface area contributed by atoms with Gasteiger partial charge in [-0.3, -0.25) is 9.59 Å². The number of hydrogen-bond acceptors (Lipinski definition) is 2. The zero-order valence-corrected chi connectivity index (χ0v) is 12.0. The Labute approximate surface area is 126 Å². The number of rotatable bonds is 2. The maximum atomic E-state index is 12.9. The predicted octanol–water partition coefficient (Wildman–Crippen LogP) is 3.91. The van der Waals surface area contributed by atoms with Gasteiger partial charge < -0.3 is 0 Å². The van der Waals surface area contributed by atoms with Gasteiger partial charge in [0.2, 0.25) is 5.78 Å². The van der Waals surface area contributed by atoms with Crippen LogP contribution in [0.15, 0.2) is 30.3 Å². The van der Waals surface area contributed by atoms with Crippen LogP contribution in [0.2, 0.25) is 0 Å². The highest BCUT2D eigenvalue weighted by atomic mass is 19.4. The van der Waals surface area contributed by atoms with E-state index in [2.05, 4.69) is 0 Å². The number of fused-ring (bicyclic) bond motifs is 1. The molecule has 2 nitrogen and oxygen atoms in total. The minimum atomic E-state index is -4.82. The summed E-state index contributed by atoms with van der Waals surface area (Å²) in [6.07, 6.45) is -2.97. The lowest BCUT2D eigenvalue weighted by Gasteiger charge is -2.35. The summed E-state index contributed by atoms with van der Waals surface area (Å²) in [7, 11) is 0. The van der Waals surface area contributed by atoms with Gasteiger partial charge in [-0.1, -0.05) is 36.8 Å². The number of Topliss-reactive ketones (excluding diaryl/α,β-unsaturated/α-hetero) is 2. The van der Waals surface area contributed by atoms with Crippen LogP contribution in [0.3, 0.4) is 0 Å². The third kappa shape index (κ3) is 2.57. The molecule has 0 radical (unpaired) electrons. The van der Waals surface area contributed by atoms with Gasteiger partial charge in [-0.25, -0.2) is 0 Å². The molecule has 5 heteroatoms. The average molecular weight is 310 g/mol. The van der Waals surface area contributed by atoms with Crippen LogP contribution >= 0.6 is 0 Å². The lowest BCUT2D eigenvalue weighted by molar-refractivity contribution is -0.179. The lowest BCUT2D eigenvalue weighted by Crippen LogP contribution is -2.40. The summed E-state index contributed by atoms with van der Waals surface area (Å²) >= 11 is 0. The lowest BCUT2D eigenvalue weighted by atomic mass is 9.67. The molecule has 2 aliphatic rings. The first-order valence-corrected chi connectivity index (χ1v) is 7.58. The Morgan fingerprint density at radius 2 is 1.77 bits per heavy atom. The van der Waals surface area contributed by atoms with E-state index < -0.39 is 29.7 Å². The Kier molecular flexibility index (Phi) is 3.83. The topological polar surface area (TPSA) is 34.1 Å². The SMILES string of the molecule is O=C1CC2CCC[C@H](C(=O)C(F)(F)F)C2[C@@H]1c1ccccc1. The Bertz CT molecular complexity index is 579. The molecule has 0 aromatic heterocycles. The normalized spacial score (nSPS) is 31.9. The fourth-order valence-electron chi connectivity index (χ4n) is 4.24. The minimum Gasteiger partial charge on any atom is -0.299 e. The van der Waals surface area contributed by atoms with E-state index in [0.29, 0.717) is 12.8 Å². The third-order valence-corrected chi connectivity index (χ3v) is 5.07. The average Bonchev–Trinajstić information content (AvgIpc) is 2.82. The fourth-order valence-corrected chi connectivity index (χ4v) is 4.24. The van der Waals surface area contributed by atoms with E-state index in [9.17, 15) is 22.8 Å². The minimum absolute atomic E-state index is 0.0249. The number of halogens is 3. The van der Waals surface area contributed by atoms with E-state index in [4.69, 9.17) is 0 Å². The van der Waals surface area contributed by atoms with Crippen molar-refractivity contribution in [3.05, 3.63) is 35.9 Å². The molecule has 0 aliphatic heterocycles. The van der Waals surface area contributed by atoms with E-state index in [1.807, 2.05) is 0 Å². The maximum absolute atomic E-state index is 12.9. The van der Waals surface area contributed by atoms with Gasteiger partial charge in [0, 0.05) is 18.3 Å². The van der Waals surface area contributed by atoms with Crippen molar-refractivity contribution in [2.75, 3.05) is 0 Å². The van der Waals surface area contributed by atoms with Gasteiger partial charge in [0.1, 0.15) is 5.78 Å². The summed E-state index contributed by atoms with van der Waals surface area (Å²) in [5, 5.41) is 0. The first-order chi connectivity index (χ1) is 10.4. The second kappa shape index (κ2) is 5.52. The summed E-state index contributed by atoms with van der Waals surface area (Å²) in [6, 6.07) is 8.90. The van der Waals surface area contributed by atoms with Gasteiger partial charge >= 0.3 is 6.18 Å². The van der Waals surface area contributed by atoms with Gasteiger partial charge in [-0.05, 0) is 30.2 Å². The molecule has 0 heterocycles. The van der Waals surface area contributed by atoms with Crippen molar-refractivity contribution in [1.29, 1.82) is 0 Å². The molecule has 3 rings (SSSR count). The fraction of sp³-hybridized carbons (Fsp3) is 0.529. The van der Waals surface area contributed by atoms with Crippen LogP contribution in [-0.4, -0.2) is 17.7 Å². The van der Waals surface area contributed by atoms with E-state index in [-0.39, 0.29) is 18.1 Å². The molecule has 2 fully saturated rings. The van der Waals surface area contributed by atoms with Gasteiger partial charge in [-0.15, -0.1) is 0 Å². The molecular weight excluding hydrogens is 293 g/mol. The van der Waals surface area contributed by atoms with Crippen LogP contribution < -0.4 is 0 Å². The molecule has 2 unspecified atom stereocenters. The Balaban J connectivity index is 1.97. The third-order valence-electron chi connectivity index (χ3n) is 5.07. The molecular formula is C17H17F3O2. The number of ketones is 2. The zero-order valence-electron chi connectivity index (χ0n) is 12.0. The van der Waals surface area contributed by atoms with Crippen LogP contribution in [0.1, 0.15) is 37.2 Å². The highest BCUT2D eigenvalue weighted by molar-refractivity contribution is 5.92. The second-order valence-corrected chi connectivity index (χ2v) is 6.30. The molecule has 22 heavy (non-hydrogen) atoms. The summed E-state index contributed by atoms with van der Waals surface area (Å²) in [6.45, 7) is 0. The molecule has 0 amide bonds. The van der Waals surface area contributed by atoms with Crippen molar-refractivity contribution in [2.24, 2.45) is 17.8 Å². The number of hydrogen-bond donors (Lipinski definition) is 0. The smallest absolute Gasteiger partial charge is 0.299 e. The van der Waals surface area contributed by atoms with Crippen molar-refractivity contribution in [3.8, 4) is 0 Å². The molecule has 4 atom stereocenters. The van der Waals surface area contributed by atoms with Crippen molar-refractivity contribution >= 4 is 11.6 Å². The van der Waals surface area contributed by atoms with Gasteiger partial charge in [0.15, 0.2) is 0 Å². The summed E-state index contributed by atoms with van der Waals surface area (Å²) in [5.74, 6) is -3.92. The first kappa shape index (κ1) is 15.3. The first-order valence-electron chi connectivity index (χ1n) is 7.58. The summed E-state index contributed by atoms with van der Waals surface area (Å²) in [5.41, 5.74) is 0.738. The number of benzene rings is 1. The van der Waals surface area contributed by atoms with Crippen molar-refractivity contribution in [2.45, 2.75) is 37.8 Å². The zero-order chi connectivity index (χ0) is 15.9. The highest BCUT2D eigenvalue weighted by Crippen LogP contribution is 2.52. The van der Waals surface area contributed by atoms with E-state index >= 15 is 0 Å². The predicted molar refractivity (Wildman–Crippen MR) is 74.2 cm³/mol. The molecule has 1 aromatic carbocycles.